The number of carbonyl (C=O) groups is 1. The van der Waals surface area contributed by atoms with Crippen molar-refractivity contribution < 1.29 is 9.18 Å². The number of hydrogen-bond donors (Lipinski definition) is 1. The van der Waals surface area contributed by atoms with Gasteiger partial charge in [-0.25, -0.2) is 9.37 Å². The van der Waals surface area contributed by atoms with Crippen molar-refractivity contribution in [2.75, 3.05) is 11.9 Å². The zero-order chi connectivity index (χ0) is 22.9. The number of imidazole rings is 1. The second kappa shape index (κ2) is 8.77. The van der Waals surface area contributed by atoms with Gasteiger partial charge in [-0.05, 0) is 55.2 Å². The first kappa shape index (κ1) is 22.1. The molecule has 4 rings (SSSR count). The Kier molecular flexibility index (Phi) is 6.04. The van der Waals surface area contributed by atoms with E-state index in [1.807, 2.05) is 17.0 Å². The predicted molar refractivity (Wildman–Crippen MR) is 126 cm³/mol. The molecule has 0 saturated heterocycles. The second-order valence-electron chi connectivity index (χ2n) is 9.75. The molecule has 1 N–H and O–H groups in total. The molecule has 1 aromatic heterocycles. The van der Waals surface area contributed by atoms with Crippen molar-refractivity contribution in [1.29, 1.82) is 0 Å². The minimum Gasteiger partial charge on any atom is -0.340 e. The first-order valence-electron chi connectivity index (χ1n) is 11.2. The van der Waals surface area contributed by atoms with Crippen LogP contribution in [0.1, 0.15) is 45.0 Å². The number of nitrogens with zero attached hydrogens (tertiary/aromatic N) is 3. The van der Waals surface area contributed by atoms with E-state index in [4.69, 9.17) is 4.98 Å². The van der Waals surface area contributed by atoms with Crippen LogP contribution < -0.4 is 5.32 Å². The maximum Gasteiger partial charge on any atom is 0.223 e. The van der Waals surface area contributed by atoms with Crippen LogP contribution in [-0.4, -0.2) is 26.9 Å². The van der Waals surface area contributed by atoms with Gasteiger partial charge < -0.3 is 14.8 Å². The van der Waals surface area contributed by atoms with Gasteiger partial charge in [0.25, 0.3) is 0 Å². The quantitative estimate of drug-likeness (QED) is 0.543. The minimum atomic E-state index is -0.276. The summed E-state index contributed by atoms with van der Waals surface area (Å²) < 4.78 is 15.7. The van der Waals surface area contributed by atoms with E-state index in [0.29, 0.717) is 26.1 Å². The number of anilines is 2. The highest BCUT2D eigenvalue weighted by Gasteiger charge is 2.27. The molecule has 0 unspecified atom stereocenters. The fourth-order valence-electron chi connectivity index (χ4n) is 3.89. The third-order valence-electron chi connectivity index (χ3n) is 5.85. The van der Waals surface area contributed by atoms with Crippen molar-refractivity contribution in [1.82, 2.24) is 14.5 Å². The summed E-state index contributed by atoms with van der Waals surface area (Å²) in [5.74, 6) is 1.61. The molecule has 2 aromatic carbocycles. The molecular weight excluding hydrogens is 403 g/mol. The summed E-state index contributed by atoms with van der Waals surface area (Å²) >= 11 is 0. The Morgan fingerprint density at radius 1 is 1.06 bits per heavy atom. The van der Waals surface area contributed by atoms with E-state index in [-0.39, 0.29) is 17.1 Å². The Bertz CT molecular complexity index is 1090. The Morgan fingerprint density at radius 3 is 2.41 bits per heavy atom. The number of hydrogen-bond acceptors (Lipinski definition) is 3. The largest absolute Gasteiger partial charge is 0.340 e. The highest BCUT2D eigenvalue weighted by Crippen LogP contribution is 2.33. The first-order valence-corrected chi connectivity index (χ1v) is 11.2. The number of benzene rings is 2. The molecule has 5 nitrogen and oxygen atoms in total. The summed E-state index contributed by atoms with van der Waals surface area (Å²) in [6.45, 7) is 10.3. The molecule has 0 radical (unpaired) electrons. The third-order valence-corrected chi connectivity index (χ3v) is 5.85. The van der Waals surface area contributed by atoms with Crippen LogP contribution in [-0.2, 0) is 17.9 Å². The van der Waals surface area contributed by atoms with Crippen molar-refractivity contribution in [3.05, 3.63) is 65.7 Å². The Morgan fingerprint density at radius 2 is 1.75 bits per heavy atom. The van der Waals surface area contributed by atoms with Gasteiger partial charge >= 0.3 is 0 Å². The molecule has 0 fully saturated rings. The first-order chi connectivity index (χ1) is 15.2. The monoisotopic (exact) mass is 434 g/mol. The van der Waals surface area contributed by atoms with Gasteiger partial charge in [0.05, 0.1) is 6.54 Å². The average Bonchev–Trinajstić information content (AvgIpc) is 3.11. The van der Waals surface area contributed by atoms with Crippen LogP contribution in [0.25, 0.3) is 11.3 Å². The molecule has 2 heterocycles. The van der Waals surface area contributed by atoms with Crippen LogP contribution in [0.5, 0.6) is 0 Å². The Balaban J connectivity index is 1.64. The predicted octanol–water partition coefficient (Wildman–Crippen LogP) is 5.91. The van der Waals surface area contributed by atoms with Crippen molar-refractivity contribution in [2.45, 2.75) is 53.6 Å². The Labute approximate surface area is 189 Å². The lowest BCUT2D eigenvalue weighted by Crippen LogP contribution is -2.38. The highest BCUT2D eigenvalue weighted by molar-refractivity contribution is 5.78. The lowest BCUT2D eigenvalue weighted by atomic mass is 9.90. The molecule has 0 bridgehead atoms. The lowest BCUT2D eigenvalue weighted by Gasteiger charge is -2.29. The van der Waals surface area contributed by atoms with Crippen LogP contribution in [0.15, 0.2) is 48.5 Å². The molecule has 168 valence electrons. The van der Waals surface area contributed by atoms with E-state index in [1.165, 1.54) is 17.7 Å². The maximum absolute atomic E-state index is 13.5. The molecule has 0 saturated carbocycles. The fraction of sp³-hybridized carbons (Fsp3) is 0.385. The van der Waals surface area contributed by atoms with Gasteiger partial charge in [0.1, 0.15) is 23.2 Å². The number of carbonyl (C=O) groups excluding carboxylic acids is 1. The molecule has 1 aliphatic heterocycles. The van der Waals surface area contributed by atoms with E-state index in [9.17, 15) is 9.18 Å². The van der Waals surface area contributed by atoms with E-state index >= 15 is 0 Å². The standard InChI is InChI=1S/C26H31FN4O/c1-18-5-11-21(12-6-18)28-25-24(19-7-9-20(27)10-8-19)29-22-17-30(15-16-31(22)25)23(32)13-14-26(2,3)4/h5-12,28H,13-17H2,1-4H3. The number of fused-ring (bicyclic) bond motifs is 1. The van der Waals surface area contributed by atoms with Crippen LogP contribution in [0.3, 0.4) is 0 Å². The normalized spacial score (nSPS) is 13.7. The minimum absolute atomic E-state index is 0.130. The molecule has 6 heteroatoms. The van der Waals surface area contributed by atoms with Crippen molar-refractivity contribution in [3.63, 3.8) is 0 Å². The molecule has 1 amide bonds. The summed E-state index contributed by atoms with van der Waals surface area (Å²) in [6.07, 6.45) is 1.40. The fourth-order valence-corrected chi connectivity index (χ4v) is 3.89. The van der Waals surface area contributed by atoms with E-state index < -0.39 is 0 Å². The zero-order valence-electron chi connectivity index (χ0n) is 19.3. The molecule has 1 aliphatic rings. The number of aryl methyl sites for hydroxylation is 1. The van der Waals surface area contributed by atoms with Crippen LogP contribution >= 0.6 is 0 Å². The average molecular weight is 435 g/mol. The summed E-state index contributed by atoms with van der Waals surface area (Å²) in [5.41, 5.74) is 3.89. The SMILES string of the molecule is Cc1ccc(Nc2c(-c3ccc(F)cc3)nc3n2CCN(C(=O)CCC(C)(C)C)C3)cc1. The molecule has 32 heavy (non-hydrogen) atoms. The summed E-state index contributed by atoms with van der Waals surface area (Å²) in [5, 5.41) is 3.51. The molecule has 0 spiro atoms. The number of halogens is 1. The van der Waals surface area contributed by atoms with Crippen molar-refractivity contribution in [3.8, 4) is 11.3 Å². The van der Waals surface area contributed by atoms with Crippen LogP contribution in [0, 0.1) is 18.2 Å². The van der Waals surface area contributed by atoms with Crippen molar-refractivity contribution >= 4 is 17.4 Å². The Hall–Kier alpha value is -3.15. The van der Waals surface area contributed by atoms with Gasteiger partial charge in [0, 0.05) is 30.8 Å². The molecule has 3 aromatic rings. The number of amides is 1. The van der Waals surface area contributed by atoms with Crippen molar-refractivity contribution in [2.24, 2.45) is 5.41 Å². The highest BCUT2D eigenvalue weighted by atomic mass is 19.1. The van der Waals surface area contributed by atoms with Gasteiger partial charge in [0.15, 0.2) is 0 Å². The lowest BCUT2D eigenvalue weighted by molar-refractivity contribution is -0.133. The second-order valence-corrected chi connectivity index (χ2v) is 9.75. The summed E-state index contributed by atoms with van der Waals surface area (Å²) in [6, 6.07) is 14.6. The van der Waals surface area contributed by atoms with E-state index in [0.717, 1.165) is 35.0 Å². The zero-order valence-corrected chi connectivity index (χ0v) is 19.3. The van der Waals surface area contributed by atoms with Crippen LogP contribution in [0.2, 0.25) is 0 Å². The van der Waals surface area contributed by atoms with Gasteiger partial charge in [0.2, 0.25) is 5.91 Å². The third kappa shape index (κ3) is 5.01. The van der Waals surface area contributed by atoms with Crippen LogP contribution in [0.4, 0.5) is 15.9 Å². The smallest absolute Gasteiger partial charge is 0.223 e. The molecule has 0 aliphatic carbocycles. The van der Waals surface area contributed by atoms with Gasteiger partial charge in [-0.1, -0.05) is 38.5 Å². The molecular formula is C26H31FN4O. The van der Waals surface area contributed by atoms with Gasteiger partial charge in [-0.3, -0.25) is 4.79 Å². The van der Waals surface area contributed by atoms with E-state index in [2.05, 4.69) is 49.7 Å². The maximum atomic E-state index is 13.5. The molecule has 0 atom stereocenters. The number of nitrogens with one attached hydrogen (secondary N) is 1. The van der Waals surface area contributed by atoms with Gasteiger partial charge in [-0.2, -0.15) is 0 Å². The van der Waals surface area contributed by atoms with E-state index in [1.54, 1.807) is 12.1 Å². The summed E-state index contributed by atoms with van der Waals surface area (Å²) in [4.78, 5) is 19.6. The summed E-state index contributed by atoms with van der Waals surface area (Å²) in [7, 11) is 0. The topological polar surface area (TPSA) is 50.2 Å². The van der Waals surface area contributed by atoms with Gasteiger partial charge in [-0.15, -0.1) is 0 Å². The number of rotatable bonds is 5. The number of aromatic nitrogens is 2.